The van der Waals surface area contributed by atoms with Crippen LogP contribution in [0.1, 0.15) is 26.3 Å². The van der Waals surface area contributed by atoms with Crippen LogP contribution in [0.3, 0.4) is 0 Å². The summed E-state index contributed by atoms with van der Waals surface area (Å²) < 4.78 is 0. The minimum absolute atomic E-state index is 0.135. The number of rotatable bonds is 4. The first-order valence-electron chi connectivity index (χ1n) is 5.87. The maximum absolute atomic E-state index is 9.68. The van der Waals surface area contributed by atoms with Crippen LogP contribution >= 0.6 is 0 Å². The third kappa shape index (κ3) is 6.75. The lowest BCUT2D eigenvalue weighted by molar-refractivity contribution is -0.0887. The Bertz CT molecular complexity index is 383. The minimum atomic E-state index is 0.135. The van der Waals surface area contributed by atoms with Gasteiger partial charge in [-0.05, 0) is 23.1 Å². The van der Waals surface area contributed by atoms with Crippen LogP contribution in [0.5, 0.6) is 0 Å². The summed E-state index contributed by atoms with van der Waals surface area (Å²) in [6.07, 6.45) is 3.84. The number of hydroxylamine groups is 2. The van der Waals surface area contributed by atoms with Gasteiger partial charge in [-0.3, -0.25) is 0 Å². The van der Waals surface area contributed by atoms with Gasteiger partial charge in [-0.2, -0.15) is 5.06 Å². The molecule has 1 rings (SSSR count). The van der Waals surface area contributed by atoms with Gasteiger partial charge >= 0.3 is 0 Å². The Hall–Kier alpha value is -1.34. The number of nitrogens with zero attached hydrogens (tertiary/aromatic N) is 1. The summed E-state index contributed by atoms with van der Waals surface area (Å²) in [5, 5.41) is 11.0. The van der Waals surface area contributed by atoms with Crippen LogP contribution in [-0.2, 0) is 6.54 Å². The van der Waals surface area contributed by atoms with E-state index in [9.17, 15) is 5.21 Å². The quantitative estimate of drug-likeness (QED) is 0.631. The van der Waals surface area contributed by atoms with Gasteiger partial charge in [-0.15, -0.1) is 5.73 Å². The van der Waals surface area contributed by atoms with Crippen LogP contribution in [0.15, 0.2) is 48.2 Å². The molecule has 0 aliphatic rings. The van der Waals surface area contributed by atoms with Crippen molar-refractivity contribution in [3.63, 3.8) is 0 Å². The molecule has 0 radical (unpaired) electrons. The van der Waals surface area contributed by atoms with Gasteiger partial charge in [-0.1, -0.05) is 51.1 Å². The van der Waals surface area contributed by atoms with E-state index in [4.69, 9.17) is 0 Å². The molecule has 0 aliphatic heterocycles. The Balaban J connectivity index is 2.41. The average molecular weight is 231 g/mol. The van der Waals surface area contributed by atoms with Gasteiger partial charge in [0.25, 0.3) is 0 Å². The van der Waals surface area contributed by atoms with E-state index in [1.165, 1.54) is 5.06 Å². The van der Waals surface area contributed by atoms with Crippen molar-refractivity contribution in [2.24, 2.45) is 5.41 Å². The predicted molar refractivity (Wildman–Crippen MR) is 70.7 cm³/mol. The Morgan fingerprint density at radius 1 is 1.24 bits per heavy atom. The van der Waals surface area contributed by atoms with E-state index < -0.39 is 0 Å². The van der Waals surface area contributed by atoms with E-state index in [0.717, 1.165) is 5.56 Å². The van der Waals surface area contributed by atoms with Gasteiger partial charge in [-0.25, -0.2) is 0 Å². The first kappa shape index (κ1) is 13.7. The molecule has 0 aromatic heterocycles. The van der Waals surface area contributed by atoms with Crippen molar-refractivity contribution in [1.29, 1.82) is 0 Å². The van der Waals surface area contributed by atoms with Gasteiger partial charge in [0.05, 0.1) is 0 Å². The van der Waals surface area contributed by atoms with Crippen molar-refractivity contribution in [2.75, 3.05) is 6.54 Å². The highest BCUT2D eigenvalue weighted by Gasteiger charge is 2.02. The summed E-state index contributed by atoms with van der Waals surface area (Å²) in [4.78, 5) is 0. The highest BCUT2D eigenvalue weighted by Crippen LogP contribution is 2.13. The van der Waals surface area contributed by atoms with E-state index in [1.807, 2.05) is 42.5 Å². The molecule has 0 spiro atoms. The zero-order valence-electron chi connectivity index (χ0n) is 10.9. The molecule has 0 unspecified atom stereocenters. The van der Waals surface area contributed by atoms with Crippen molar-refractivity contribution >= 4 is 0 Å². The average Bonchev–Trinajstić information content (AvgIpc) is 2.25. The van der Waals surface area contributed by atoms with Gasteiger partial charge < -0.3 is 5.21 Å². The summed E-state index contributed by atoms with van der Waals surface area (Å²) in [5.74, 6) is 0. The first-order chi connectivity index (χ1) is 7.97. The van der Waals surface area contributed by atoms with Crippen LogP contribution in [0, 0.1) is 5.41 Å². The van der Waals surface area contributed by atoms with Crippen LogP contribution < -0.4 is 0 Å². The monoisotopic (exact) mass is 231 g/mol. The lowest BCUT2D eigenvalue weighted by atomic mass is 9.97. The number of hydrogen-bond acceptors (Lipinski definition) is 2. The molecular weight excluding hydrogens is 210 g/mol. The molecular formula is C15H21NO. The van der Waals surface area contributed by atoms with Gasteiger partial charge in [0, 0.05) is 13.1 Å². The number of benzene rings is 1. The summed E-state index contributed by atoms with van der Waals surface area (Å²) in [5.41, 5.74) is 4.33. The third-order valence-corrected chi connectivity index (χ3v) is 2.14. The summed E-state index contributed by atoms with van der Waals surface area (Å²) in [6, 6.07) is 9.91. The summed E-state index contributed by atoms with van der Waals surface area (Å²) in [7, 11) is 0. The predicted octanol–water partition coefficient (Wildman–Crippen LogP) is 3.64. The second-order valence-corrected chi connectivity index (χ2v) is 5.21. The largest absolute Gasteiger partial charge is 0.313 e. The van der Waals surface area contributed by atoms with Gasteiger partial charge in [0.15, 0.2) is 0 Å². The fourth-order valence-electron chi connectivity index (χ4n) is 1.33. The minimum Gasteiger partial charge on any atom is -0.313 e. The van der Waals surface area contributed by atoms with E-state index in [0.29, 0.717) is 13.1 Å². The van der Waals surface area contributed by atoms with Crippen LogP contribution in [-0.4, -0.2) is 16.8 Å². The Labute approximate surface area is 104 Å². The Kier molecular flexibility index (Phi) is 5.17. The molecule has 1 N–H and O–H groups in total. The second-order valence-electron chi connectivity index (χ2n) is 5.21. The van der Waals surface area contributed by atoms with Crippen LogP contribution in [0.4, 0.5) is 0 Å². The van der Waals surface area contributed by atoms with Crippen molar-refractivity contribution in [2.45, 2.75) is 27.3 Å². The van der Waals surface area contributed by atoms with Gasteiger partial charge in [0.2, 0.25) is 0 Å². The maximum Gasteiger partial charge on any atom is 0.0496 e. The first-order valence-corrected chi connectivity index (χ1v) is 5.87. The second kappa shape index (κ2) is 6.41. The molecule has 0 bridgehead atoms. The molecule has 0 heterocycles. The van der Waals surface area contributed by atoms with E-state index >= 15 is 0 Å². The van der Waals surface area contributed by atoms with E-state index in [1.54, 1.807) is 0 Å². The fraction of sp³-hybridized carbons (Fsp3) is 0.400. The molecule has 0 fully saturated rings. The highest BCUT2D eigenvalue weighted by atomic mass is 16.5. The highest BCUT2D eigenvalue weighted by molar-refractivity contribution is 5.14. The zero-order chi connectivity index (χ0) is 12.7. The molecule has 0 atom stereocenters. The SMILES string of the molecule is CC(C)(C)C=C=CCN(O)Cc1ccccc1. The van der Waals surface area contributed by atoms with Crippen LogP contribution in [0.25, 0.3) is 0 Å². The van der Waals surface area contributed by atoms with E-state index in [-0.39, 0.29) is 5.41 Å². The Morgan fingerprint density at radius 3 is 2.47 bits per heavy atom. The van der Waals surface area contributed by atoms with Crippen molar-refractivity contribution in [3.05, 3.63) is 53.8 Å². The molecule has 17 heavy (non-hydrogen) atoms. The molecule has 2 nitrogen and oxygen atoms in total. The van der Waals surface area contributed by atoms with Crippen molar-refractivity contribution in [3.8, 4) is 0 Å². The fourth-order valence-corrected chi connectivity index (χ4v) is 1.33. The van der Waals surface area contributed by atoms with Gasteiger partial charge in [0.1, 0.15) is 0 Å². The lowest BCUT2D eigenvalue weighted by Crippen LogP contribution is -2.18. The molecule has 2 heteroatoms. The standard InChI is InChI=1S/C15H21NO/c1-15(2,3)11-7-8-12-16(17)13-14-9-5-4-6-10-14/h4-6,8-11,17H,12-13H2,1-3H3. The lowest BCUT2D eigenvalue weighted by Gasteiger charge is -2.12. The topological polar surface area (TPSA) is 23.5 Å². The zero-order valence-corrected chi connectivity index (χ0v) is 10.9. The molecule has 1 aromatic rings. The maximum atomic E-state index is 9.68. The van der Waals surface area contributed by atoms with Crippen molar-refractivity contribution in [1.82, 2.24) is 5.06 Å². The third-order valence-electron chi connectivity index (χ3n) is 2.14. The Morgan fingerprint density at radius 2 is 1.88 bits per heavy atom. The molecule has 1 aromatic carbocycles. The van der Waals surface area contributed by atoms with E-state index in [2.05, 4.69) is 26.5 Å². The summed E-state index contributed by atoms with van der Waals surface area (Å²) in [6.45, 7) is 7.38. The summed E-state index contributed by atoms with van der Waals surface area (Å²) >= 11 is 0. The molecule has 92 valence electrons. The normalized spacial score (nSPS) is 11.1. The van der Waals surface area contributed by atoms with Crippen LogP contribution in [0.2, 0.25) is 0 Å². The smallest absolute Gasteiger partial charge is 0.0496 e. The molecule has 0 saturated heterocycles. The van der Waals surface area contributed by atoms with Crippen molar-refractivity contribution < 1.29 is 5.21 Å². The molecule has 0 amide bonds. The molecule has 0 aliphatic carbocycles. The number of hydrogen-bond donors (Lipinski definition) is 1. The molecule has 0 saturated carbocycles.